The van der Waals surface area contributed by atoms with Crippen LogP contribution in [0.1, 0.15) is 49.5 Å². The summed E-state index contributed by atoms with van der Waals surface area (Å²) in [7, 11) is 0. The van der Waals surface area contributed by atoms with E-state index in [4.69, 9.17) is 5.11 Å². The summed E-state index contributed by atoms with van der Waals surface area (Å²) in [5, 5.41) is 11.6. The van der Waals surface area contributed by atoms with E-state index in [0.29, 0.717) is 18.5 Å². The Hall–Kier alpha value is -2.37. The molecule has 0 unspecified atom stereocenters. The van der Waals surface area contributed by atoms with Crippen LogP contribution in [0.5, 0.6) is 0 Å². The number of carbonyl (C=O) groups is 3. The second-order valence-electron chi connectivity index (χ2n) is 6.50. The van der Waals surface area contributed by atoms with E-state index < -0.39 is 11.5 Å². The fourth-order valence-electron chi connectivity index (χ4n) is 2.73. The number of hydrogen-bond donors (Lipinski definition) is 2. The van der Waals surface area contributed by atoms with Crippen LogP contribution in [0.2, 0.25) is 0 Å². The lowest BCUT2D eigenvalue weighted by molar-refractivity contribution is -0.137. The minimum absolute atomic E-state index is 0.00393. The summed E-state index contributed by atoms with van der Waals surface area (Å²) < 4.78 is 0. The first-order chi connectivity index (χ1) is 10.7. The number of amides is 2. The van der Waals surface area contributed by atoms with Crippen LogP contribution in [0.25, 0.3) is 0 Å². The van der Waals surface area contributed by atoms with E-state index >= 15 is 0 Å². The average molecular weight is 318 g/mol. The minimum Gasteiger partial charge on any atom is -0.481 e. The van der Waals surface area contributed by atoms with Crippen LogP contribution in [0.3, 0.4) is 0 Å². The number of hydrogen-bond acceptors (Lipinski definition) is 3. The van der Waals surface area contributed by atoms with Crippen LogP contribution in [-0.4, -0.2) is 35.0 Å². The van der Waals surface area contributed by atoms with Crippen molar-refractivity contribution in [1.82, 2.24) is 5.32 Å². The molecular formula is C17H22N2O4. The molecule has 0 aromatic heterocycles. The molecule has 0 atom stereocenters. The van der Waals surface area contributed by atoms with Crippen molar-refractivity contribution in [2.24, 2.45) is 0 Å². The molecule has 0 fully saturated rings. The van der Waals surface area contributed by atoms with Crippen molar-refractivity contribution in [2.45, 2.75) is 45.6 Å². The molecule has 2 amide bonds. The number of rotatable bonds is 5. The van der Waals surface area contributed by atoms with Gasteiger partial charge in [-0.25, -0.2) is 0 Å². The molecule has 23 heavy (non-hydrogen) atoms. The SMILES string of the molecule is CC(=O)N1CCc2cc(C(=O)NC(C)(C)CCC(=O)O)ccc21. The molecule has 0 spiro atoms. The fraction of sp³-hybridized carbons (Fsp3) is 0.471. The molecule has 124 valence electrons. The number of carbonyl (C=O) groups excluding carboxylic acids is 2. The van der Waals surface area contributed by atoms with Crippen molar-refractivity contribution in [2.75, 3.05) is 11.4 Å². The van der Waals surface area contributed by atoms with Crippen molar-refractivity contribution < 1.29 is 19.5 Å². The Balaban J connectivity index is 2.09. The van der Waals surface area contributed by atoms with Crippen LogP contribution in [0, 0.1) is 0 Å². The van der Waals surface area contributed by atoms with Gasteiger partial charge < -0.3 is 15.3 Å². The van der Waals surface area contributed by atoms with Crippen LogP contribution < -0.4 is 10.2 Å². The van der Waals surface area contributed by atoms with E-state index in [1.54, 1.807) is 36.9 Å². The van der Waals surface area contributed by atoms with Crippen LogP contribution >= 0.6 is 0 Å². The molecule has 0 radical (unpaired) electrons. The zero-order valence-electron chi connectivity index (χ0n) is 13.7. The van der Waals surface area contributed by atoms with Gasteiger partial charge in [0.25, 0.3) is 5.91 Å². The van der Waals surface area contributed by atoms with Gasteiger partial charge in [0, 0.05) is 36.7 Å². The highest BCUT2D eigenvalue weighted by atomic mass is 16.4. The van der Waals surface area contributed by atoms with Crippen molar-refractivity contribution in [1.29, 1.82) is 0 Å². The summed E-state index contributed by atoms with van der Waals surface area (Å²) in [6.45, 7) is 5.78. The van der Waals surface area contributed by atoms with E-state index in [9.17, 15) is 14.4 Å². The fourth-order valence-corrected chi connectivity index (χ4v) is 2.73. The van der Waals surface area contributed by atoms with Gasteiger partial charge in [-0.15, -0.1) is 0 Å². The normalized spacial score (nSPS) is 13.6. The number of carboxylic acid groups (broad SMARTS) is 1. The predicted octanol–water partition coefficient (Wildman–Crippen LogP) is 1.97. The lowest BCUT2D eigenvalue weighted by atomic mass is 9.97. The van der Waals surface area contributed by atoms with Gasteiger partial charge in [-0.1, -0.05) is 0 Å². The molecule has 1 aromatic rings. The average Bonchev–Trinajstić information content (AvgIpc) is 2.87. The Bertz CT molecular complexity index is 652. The van der Waals surface area contributed by atoms with E-state index in [0.717, 1.165) is 17.7 Å². The number of anilines is 1. The number of benzene rings is 1. The number of carboxylic acids is 1. The molecule has 2 rings (SSSR count). The molecule has 0 saturated carbocycles. The van der Waals surface area contributed by atoms with Gasteiger partial charge in [0.1, 0.15) is 0 Å². The third-order valence-electron chi connectivity index (χ3n) is 4.03. The number of fused-ring (bicyclic) bond motifs is 1. The third-order valence-corrected chi connectivity index (χ3v) is 4.03. The van der Waals surface area contributed by atoms with E-state index in [1.165, 1.54) is 6.92 Å². The predicted molar refractivity (Wildman–Crippen MR) is 86.6 cm³/mol. The Morgan fingerprint density at radius 1 is 1.30 bits per heavy atom. The molecule has 1 aromatic carbocycles. The van der Waals surface area contributed by atoms with E-state index in [2.05, 4.69) is 5.32 Å². The monoisotopic (exact) mass is 318 g/mol. The van der Waals surface area contributed by atoms with Crippen molar-refractivity contribution in [3.8, 4) is 0 Å². The lowest BCUT2D eigenvalue weighted by Crippen LogP contribution is -2.43. The summed E-state index contributed by atoms with van der Waals surface area (Å²) in [5.74, 6) is -1.12. The van der Waals surface area contributed by atoms with Gasteiger partial charge in [0.2, 0.25) is 5.91 Å². The standard InChI is InChI=1S/C17H22N2O4/c1-11(20)19-9-7-12-10-13(4-5-14(12)19)16(23)18-17(2,3)8-6-15(21)22/h4-5,10H,6-9H2,1-3H3,(H,18,23)(H,21,22). The first kappa shape index (κ1) is 17.0. The molecule has 0 bridgehead atoms. The molecule has 6 nitrogen and oxygen atoms in total. The maximum atomic E-state index is 12.4. The second-order valence-corrected chi connectivity index (χ2v) is 6.50. The smallest absolute Gasteiger partial charge is 0.303 e. The van der Waals surface area contributed by atoms with E-state index in [1.807, 2.05) is 0 Å². The van der Waals surface area contributed by atoms with Crippen LogP contribution in [-0.2, 0) is 16.0 Å². The van der Waals surface area contributed by atoms with Gasteiger partial charge in [-0.05, 0) is 50.5 Å². The van der Waals surface area contributed by atoms with Gasteiger partial charge in [0.15, 0.2) is 0 Å². The highest BCUT2D eigenvalue weighted by Crippen LogP contribution is 2.29. The quantitative estimate of drug-likeness (QED) is 0.869. The largest absolute Gasteiger partial charge is 0.481 e. The molecule has 1 heterocycles. The minimum atomic E-state index is -0.880. The third kappa shape index (κ3) is 4.09. The topological polar surface area (TPSA) is 86.7 Å². The highest BCUT2D eigenvalue weighted by Gasteiger charge is 2.25. The zero-order chi connectivity index (χ0) is 17.2. The summed E-state index contributed by atoms with van der Waals surface area (Å²) >= 11 is 0. The summed E-state index contributed by atoms with van der Waals surface area (Å²) in [6, 6.07) is 5.30. The van der Waals surface area contributed by atoms with E-state index in [-0.39, 0.29) is 18.2 Å². The molecule has 0 saturated heterocycles. The summed E-state index contributed by atoms with van der Waals surface area (Å²) in [4.78, 5) is 36.3. The molecule has 0 aliphatic carbocycles. The first-order valence-corrected chi connectivity index (χ1v) is 7.65. The van der Waals surface area contributed by atoms with Crippen LogP contribution in [0.4, 0.5) is 5.69 Å². The van der Waals surface area contributed by atoms with Gasteiger partial charge >= 0.3 is 5.97 Å². The Morgan fingerprint density at radius 3 is 2.61 bits per heavy atom. The highest BCUT2D eigenvalue weighted by molar-refractivity contribution is 5.98. The number of nitrogens with zero attached hydrogens (tertiary/aromatic N) is 1. The molecule has 1 aliphatic rings. The Labute approximate surface area is 135 Å². The molecule has 2 N–H and O–H groups in total. The molecule has 1 aliphatic heterocycles. The van der Waals surface area contributed by atoms with Crippen LogP contribution in [0.15, 0.2) is 18.2 Å². The maximum absolute atomic E-state index is 12.4. The second kappa shape index (κ2) is 6.40. The zero-order valence-corrected chi connectivity index (χ0v) is 13.7. The first-order valence-electron chi connectivity index (χ1n) is 7.65. The summed E-state index contributed by atoms with van der Waals surface area (Å²) in [6.07, 6.45) is 1.10. The van der Waals surface area contributed by atoms with Gasteiger partial charge in [-0.3, -0.25) is 14.4 Å². The van der Waals surface area contributed by atoms with Gasteiger partial charge in [-0.2, -0.15) is 0 Å². The van der Waals surface area contributed by atoms with Crippen molar-refractivity contribution in [3.05, 3.63) is 29.3 Å². The molecule has 6 heteroatoms. The Morgan fingerprint density at radius 2 is 2.00 bits per heavy atom. The number of nitrogens with one attached hydrogen (secondary N) is 1. The van der Waals surface area contributed by atoms with Crippen molar-refractivity contribution >= 4 is 23.5 Å². The Kier molecular flexibility index (Phi) is 4.73. The molecular weight excluding hydrogens is 296 g/mol. The lowest BCUT2D eigenvalue weighted by Gasteiger charge is -2.25. The maximum Gasteiger partial charge on any atom is 0.303 e. The number of aliphatic carboxylic acids is 1. The summed E-state index contributed by atoms with van der Waals surface area (Å²) in [5.41, 5.74) is 1.77. The van der Waals surface area contributed by atoms with Crippen molar-refractivity contribution in [3.63, 3.8) is 0 Å². The van der Waals surface area contributed by atoms with Gasteiger partial charge in [0.05, 0.1) is 0 Å².